The molecular weight excluding hydrogens is 320 g/mol. The van der Waals surface area contributed by atoms with Crippen LogP contribution in [0.5, 0.6) is 0 Å². The van der Waals surface area contributed by atoms with E-state index in [9.17, 15) is 14.4 Å². The molecule has 0 heterocycles. The van der Waals surface area contributed by atoms with Gasteiger partial charge in [-0.05, 0) is 29.8 Å². The van der Waals surface area contributed by atoms with Crippen molar-refractivity contribution in [3.05, 3.63) is 65.7 Å². The van der Waals surface area contributed by atoms with Gasteiger partial charge in [-0.2, -0.15) is 0 Å². The van der Waals surface area contributed by atoms with Crippen molar-refractivity contribution >= 4 is 23.5 Å². The molecule has 0 aromatic heterocycles. The van der Waals surface area contributed by atoms with E-state index < -0.39 is 11.9 Å². The quantitative estimate of drug-likeness (QED) is 0.720. The average molecular weight is 340 g/mol. The maximum Gasteiger partial charge on any atom is 0.306 e. The summed E-state index contributed by atoms with van der Waals surface area (Å²) in [6, 6.07) is 15.9. The van der Waals surface area contributed by atoms with E-state index in [0.717, 1.165) is 5.56 Å². The molecule has 2 rings (SSSR count). The average Bonchev–Trinajstić information content (AvgIpc) is 2.61. The molecule has 3 N–H and O–H groups in total. The van der Waals surface area contributed by atoms with Crippen LogP contribution in [0.4, 0.5) is 5.69 Å². The Morgan fingerprint density at radius 1 is 0.920 bits per heavy atom. The molecule has 0 saturated carbocycles. The second kappa shape index (κ2) is 9.22. The number of anilines is 1. The third-order valence-corrected chi connectivity index (χ3v) is 3.51. The number of carbonyl (C=O) groups is 3. The SMILES string of the molecule is NC(=O)c1ccc(NC(=O)CCC(=O)OCCc2ccccc2)cc1. The Hall–Kier alpha value is -3.15. The van der Waals surface area contributed by atoms with E-state index in [1.807, 2.05) is 30.3 Å². The van der Waals surface area contributed by atoms with Crippen LogP contribution in [0.1, 0.15) is 28.8 Å². The number of benzene rings is 2. The van der Waals surface area contributed by atoms with Crippen LogP contribution >= 0.6 is 0 Å². The number of rotatable bonds is 8. The van der Waals surface area contributed by atoms with Crippen LogP contribution in [-0.4, -0.2) is 24.4 Å². The zero-order chi connectivity index (χ0) is 18.1. The Morgan fingerprint density at radius 3 is 2.24 bits per heavy atom. The lowest BCUT2D eigenvalue weighted by Crippen LogP contribution is -2.15. The van der Waals surface area contributed by atoms with Crippen LogP contribution in [0, 0.1) is 0 Å². The van der Waals surface area contributed by atoms with Crippen LogP contribution in [0.25, 0.3) is 0 Å². The first-order valence-electron chi connectivity index (χ1n) is 7.94. The third-order valence-electron chi connectivity index (χ3n) is 3.51. The molecule has 0 aliphatic rings. The maximum atomic E-state index is 11.8. The van der Waals surface area contributed by atoms with Crippen molar-refractivity contribution in [2.45, 2.75) is 19.3 Å². The van der Waals surface area contributed by atoms with Gasteiger partial charge in [-0.3, -0.25) is 14.4 Å². The minimum atomic E-state index is -0.531. The van der Waals surface area contributed by atoms with Gasteiger partial charge in [-0.15, -0.1) is 0 Å². The van der Waals surface area contributed by atoms with Crippen LogP contribution in [0.2, 0.25) is 0 Å². The summed E-state index contributed by atoms with van der Waals surface area (Å²) in [6.45, 7) is 0.291. The summed E-state index contributed by atoms with van der Waals surface area (Å²) in [6.07, 6.45) is 0.687. The fourth-order valence-electron chi connectivity index (χ4n) is 2.16. The number of primary amides is 1. The minimum absolute atomic E-state index is 0.0139. The van der Waals surface area contributed by atoms with E-state index in [1.54, 1.807) is 12.1 Å². The fourth-order valence-corrected chi connectivity index (χ4v) is 2.16. The van der Waals surface area contributed by atoms with Gasteiger partial charge in [0, 0.05) is 24.1 Å². The van der Waals surface area contributed by atoms with Gasteiger partial charge < -0.3 is 15.8 Å². The molecule has 0 atom stereocenters. The van der Waals surface area contributed by atoms with Crippen molar-refractivity contribution in [3.8, 4) is 0 Å². The highest BCUT2D eigenvalue weighted by atomic mass is 16.5. The van der Waals surface area contributed by atoms with E-state index in [4.69, 9.17) is 10.5 Å². The summed E-state index contributed by atoms with van der Waals surface area (Å²) in [4.78, 5) is 34.4. The smallest absolute Gasteiger partial charge is 0.306 e. The number of carbonyl (C=O) groups excluding carboxylic acids is 3. The first-order valence-corrected chi connectivity index (χ1v) is 7.94. The lowest BCUT2D eigenvalue weighted by Gasteiger charge is -2.07. The summed E-state index contributed by atoms with van der Waals surface area (Å²) in [5.74, 6) is -1.24. The predicted molar refractivity (Wildman–Crippen MR) is 93.9 cm³/mol. The number of nitrogens with two attached hydrogens (primary N) is 1. The largest absolute Gasteiger partial charge is 0.465 e. The molecule has 2 aromatic rings. The molecule has 0 fully saturated rings. The van der Waals surface area contributed by atoms with Crippen LogP contribution in [0.3, 0.4) is 0 Å². The number of hydrogen-bond donors (Lipinski definition) is 2. The number of ether oxygens (including phenoxy) is 1. The maximum absolute atomic E-state index is 11.8. The third kappa shape index (κ3) is 6.47. The molecule has 0 aliphatic carbocycles. The van der Waals surface area contributed by atoms with Gasteiger partial charge in [0.25, 0.3) is 0 Å². The summed E-state index contributed by atoms with van der Waals surface area (Å²) in [5.41, 5.74) is 7.13. The molecular formula is C19H20N2O4. The highest BCUT2D eigenvalue weighted by molar-refractivity contribution is 5.95. The molecule has 6 heteroatoms. The summed E-state index contributed by atoms with van der Waals surface area (Å²) in [7, 11) is 0. The Bertz CT molecular complexity index is 727. The first kappa shape index (κ1) is 18.2. The number of esters is 1. The van der Waals surface area contributed by atoms with Crippen LogP contribution in [-0.2, 0) is 20.7 Å². The van der Waals surface area contributed by atoms with Crippen LogP contribution < -0.4 is 11.1 Å². The van der Waals surface area contributed by atoms with E-state index in [-0.39, 0.29) is 18.7 Å². The van der Waals surface area contributed by atoms with Gasteiger partial charge in [0.2, 0.25) is 11.8 Å². The standard InChI is InChI=1S/C19H20N2O4/c20-19(24)15-6-8-16(9-7-15)21-17(22)10-11-18(23)25-13-12-14-4-2-1-3-5-14/h1-9H,10-13H2,(H2,20,24)(H,21,22). The molecule has 0 radical (unpaired) electrons. The normalized spacial score (nSPS) is 10.1. The van der Waals surface area contributed by atoms with E-state index in [1.165, 1.54) is 12.1 Å². The summed E-state index contributed by atoms with van der Waals surface area (Å²) < 4.78 is 5.12. The van der Waals surface area contributed by atoms with Gasteiger partial charge in [0.15, 0.2) is 0 Å². The summed E-state index contributed by atoms with van der Waals surface area (Å²) >= 11 is 0. The van der Waals surface area contributed by atoms with E-state index in [0.29, 0.717) is 24.3 Å². The molecule has 0 saturated heterocycles. The van der Waals surface area contributed by atoms with Gasteiger partial charge in [0.1, 0.15) is 0 Å². The molecule has 130 valence electrons. The minimum Gasteiger partial charge on any atom is -0.465 e. The zero-order valence-corrected chi connectivity index (χ0v) is 13.7. The number of amides is 2. The molecule has 2 aromatic carbocycles. The second-order valence-electron chi connectivity index (χ2n) is 5.45. The van der Waals surface area contributed by atoms with E-state index >= 15 is 0 Å². The molecule has 0 bridgehead atoms. The number of nitrogens with one attached hydrogen (secondary N) is 1. The van der Waals surface area contributed by atoms with Crippen molar-refractivity contribution in [2.24, 2.45) is 5.73 Å². The highest BCUT2D eigenvalue weighted by Gasteiger charge is 2.09. The van der Waals surface area contributed by atoms with Crippen molar-refractivity contribution in [1.82, 2.24) is 0 Å². The fraction of sp³-hybridized carbons (Fsp3) is 0.211. The lowest BCUT2D eigenvalue weighted by molar-refractivity contribution is -0.144. The van der Waals surface area contributed by atoms with E-state index in [2.05, 4.69) is 5.32 Å². The molecule has 0 aliphatic heterocycles. The zero-order valence-electron chi connectivity index (χ0n) is 13.7. The van der Waals surface area contributed by atoms with Gasteiger partial charge in [-0.1, -0.05) is 30.3 Å². The Labute approximate surface area is 146 Å². The molecule has 6 nitrogen and oxygen atoms in total. The van der Waals surface area contributed by atoms with Gasteiger partial charge in [0.05, 0.1) is 13.0 Å². The highest BCUT2D eigenvalue weighted by Crippen LogP contribution is 2.10. The molecule has 2 amide bonds. The monoisotopic (exact) mass is 340 g/mol. The van der Waals surface area contributed by atoms with Crippen molar-refractivity contribution < 1.29 is 19.1 Å². The molecule has 0 unspecified atom stereocenters. The van der Waals surface area contributed by atoms with Crippen LogP contribution in [0.15, 0.2) is 54.6 Å². The Kier molecular flexibility index (Phi) is 6.71. The van der Waals surface area contributed by atoms with Crippen molar-refractivity contribution in [2.75, 3.05) is 11.9 Å². The Balaban J connectivity index is 1.66. The number of hydrogen-bond acceptors (Lipinski definition) is 4. The van der Waals surface area contributed by atoms with Crippen molar-refractivity contribution in [3.63, 3.8) is 0 Å². The van der Waals surface area contributed by atoms with Crippen molar-refractivity contribution in [1.29, 1.82) is 0 Å². The van der Waals surface area contributed by atoms with Gasteiger partial charge in [-0.25, -0.2) is 0 Å². The second-order valence-corrected chi connectivity index (χ2v) is 5.45. The van der Waals surface area contributed by atoms with Gasteiger partial charge >= 0.3 is 5.97 Å². The first-order chi connectivity index (χ1) is 12.0. The lowest BCUT2D eigenvalue weighted by atomic mass is 10.2. The molecule has 0 spiro atoms. The topological polar surface area (TPSA) is 98.5 Å². The Morgan fingerprint density at radius 2 is 1.60 bits per heavy atom. The predicted octanol–water partition coefficient (Wildman–Crippen LogP) is 2.29. The summed E-state index contributed by atoms with van der Waals surface area (Å²) in [5, 5.41) is 2.65. The molecule has 25 heavy (non-hydrogen) atoms.